The Labute approximate surface area is 126 Å². The van der Waals surface area contributed by atoms with Gasteiger partial charge in [-0.2, -0.15) is 4.31 Å². The van der Waals surface area contributed by atoms with Gasteiger partial charge in [0.1, 0.15) is 4.90 Å². The molecule has 1 fully saturated rings. The second kappa shape index (κ2) is 7.20. The van der Waals surface area contributed by atoms with Gasteiger partial charge in [-0.1, -0.05) is 6.92 Å². The Bertz CT molecular complexity index is 556. The van der Waals surface area contributed by atoms with E-state index in [1.54, 1.807) is 19.3 Å². The second-order valence-electron chi connectivity index (χ2n) is 5.16. The summed E-state index contributed by atoms with van der Waals surface area (Å²) in [5.41, 5.74) is 0.616. The van der Waals surface area contributed by atoms with Crippen molar-refractivity contribution in [3.8, 4) is 0 Å². The van der Waals surface area contributed by atoms with Crippen LogP contribution in [0.5, 0.6) is 0 Å². The molecule has 1 saturated heterocycles. The first kappa shape index (κ1) is 16.2. The lowest BCUT2D eigenvalue weighted by Crippen LogP contribution is -2.40. The van der Waals surface area contributed by atoms with Crippen LogP contribution in [0, 0.1) is 0 Å². The smallest absolute Gasteiger partial charge is 0.246 e. The molecule has 21 heavy (non-hydrogen) atoms. The van der Waals surface area contributed by atoms with Gasteiger partial charge in [0.2, 0.25) is 10.0 Å². The Balaban J connectivity index is 2.25. The number of hydrogen-bond acceptors (Lipinski definition) is 5. The van der Waals surface area contributed by atoms with E-state index < -0.39 is 10.0 Å². The summed E-state index contributed by atoms with van der Waals surface area (Å²) in [5, 5.41) is 3.16. The highest BCUT2D eigenvalue weighted by atomic mass is 32.2. The molecule has 1 aliphatic rings. The van der Waals surface area contributed by atoms with Crippen molar-refractivity contribution in [1.29, 1.82) is 0 Å². The summed E-state index contributed by atoms with van der Waals surface area (Å²) in [5.74, 6) is 0. The fourth-order valence-corrected chi connectivity index (χ4v) is 3.92. The predicted octanol–water partition coefficient (Wildman–Crippen LogP) is 1.70. The maximum absolute atomic E-state index is 12.8. The Kier molecular flexibility index (Phi) is 5.55. The van der Waals surface area contributed by atoms with E-state index in [2.05, 4.69) is 10.3 Å². The van der Waals surface area contributed by atoms with Crippen LogP contribution < -0.4 is 5.32 Å². The molecule has 2 rings (SSSR count). The van der Waals surface area contributed by atoms with Crippen LogP contribution in [0.2, 0.25) is 0 Å². The van der Waals surface area contributed by atoms with E-state index in [0.717, 1.165) is 25.8 Å². The largest absolute Gasteiger partial charge is 0.384 e. The van der Waals surface area contributed by atoms with Gasteiger partial charge >= 0.3 is 0 Å². The average Bonchev–Trinajstić information content (AvgIpc) is 2.53. The molecule has 1 aromatic heterocycles. The van der Waals surface area contributed by atoms with Crippen molar-refractivity contribution in [3.05, 3.63) is 18.5 Å². The third-order valence-electron chi connectivity index (χ3n) is 3.71. The molecule has 6 nitrogen and oxygen atoms in total. The minimum atomic E-state index is -3.55. The van der Waals surface area contributed by atoms with Crippen LogP contribution in [0.25, 0.3) is 0 Å². The van der Waals surface area contributed by atoms with Gasteiger partial charge in [0.15, 0.2) is 0 Å². The van der Waals surface area contributed by atoms with Gasteiger partial charge in [-0.15, -0.1) is 0 Å². The number of ether oxygens (including phenoxy) is 1. The number of nitrogens with zero attached hydrogens (tertiary/aromatic N) is 2. The number of sulfonamides is 1. The molecule has 0 atom stereocenters. The topological polar surface area (TPSA) is 71.5 Å². The second-order valence-corrected chi connectivity index (χ2v) is 7.13. The van der Waals surface area contributed by atoms with Crippen molar-refractivity contribution >= 4 is 15.7 Å². The molecule has 0 spiro atoms. The zero-order valence-corrected chi connectivity index (χ0v) is 13.4. The van der Waals surface area contributed by atoms with E-state index >= 15 is 0 Å². The van der Waals surface area contributed by atoms with E-state index in [4.69, 9.17) is 4.74 Å². The fraction of sp³-hybridized carbons (Fsp3) is 0.643. The van der Waals surface area contributed by atoms with Crippen LogP contribution in [-0.4, -0.2) is 50.6 Å². The van der Waals surface area contributed by atoms with Crippen LogP contribution in [0.3, 0.4) is 0 Å². The standard InChI is InChI=1S/C14H23N3O3S/c1-3-7-16-13-4-8-15-11-14(13)21(18,19)17(2)12-5-9-20-10-6-12/h4,8,11-12H,3,5-7,9-10H2,1-2H3,(H,15,16). The van der Waals surface area contributed by atoms with Gasteiger partial charge in [-0.05, 0) is 25.3 Å². The van der Waals surface area contributed by atoms with Gasteiger partial charge in [0.05, 0.1) is 5.69 Å². The van der Waals surface area contributed by atoms with Gasteiger partial charge in [0, 0.05) is 45.2 Å². The third-order valence-corrected chi connectivity index (χ3v) is 5.65. The molecule has 1 aromatic rings. The van der Waals surface area contributed by atoms with Gasteiger partial charge in [-0.3, -0.25) is 4.98 Å². The highest BCUT2D eigenvalue weighted by molar-refractivity contribution is 7.89. The molecule has 1 aliphatic heterocycles. The summed E-state index contributed by atoms with van der Waals surface area (Å²) in [7, 11) is -1.91. The maximum atomic E-state index is 12.8. The molecule has 0 aliphatic carbocycles. The normalized spacial score (nSPS) is 17.1. The van der Waals surface area contributed by atoms with Crippen molar-refractivity contribution in [2.24, 2.45) is 0 Å². The summed E-state index contributed by atoms with van der Waals surface area (Å²) in [6, 6.07) is 1.70. The predicted molar refractivity (Wildman–Crippen MR) is 81.8 cm³/mol. The van der Waals surface area contributed by atoms with Crippen molar-refractivity contribution in [3.63, 3.8) is 0 Å². The number of nitrogens with one attached hydrogen (secondary N) is 1. The number of anilines is 1. The van der Waals surface area contributed by atoms with Crippen LogP contribution in [0.4, 0.5) is 5.69 Å². The molecular formula is C14H23N3O3S. The van der Waals surface area contributed by atoms with Crippen LogP contribution in [0.15, 0.2) is 23.4 Å². The Morgan fingerprint density at radius 2 is 2.14 bits per heavy atom. The first-order valence-corrected chi connectivity index (χ1v) is 8.75. The minimum absolute atomic E-state index is 0.0111. The fourth-order valence-electron chi connectivity index (χ4n) is 2.39. The molecule has 7 heteroatoms. The minimum Gasteiger partial charge on any atom is -0.384 e. The molecule has 0 bridgehead atoms. The first-order valence-electron chi connectivity index (χ1n) is 7.31. The van der Waals surface area contributed by atoms with Crippen LogP contribution in [0.1, 0.15) is 26.2 Å². The Morgan fingerprint density at radius 3 is 2.81 bits per heavy atom. The summed E-state index contributed by atoms with van der Waals surface area (Å²) < 4.78 is 32.4. The lowest BCUT2D eigenvalue weighted by atomic mass is 10.1. The summed E-state index contributed by atoms with van der Waals surface area (Å²) in [4.78, 5) is 4.22. The average molecular weight is 313 g/mol. The number of pyridine rings is 1. The van der Waals surface area contributed by atoms with Gasteiger partial charge in [-0.25, -0.2) is 8.42 Å². The van der Waals surface area contributed by atoms with Gasteiger partial charge < -0.3 is 10.1 Å². The highest BCUT2D eigenvalue weighted by Gasteiger charge is 2.31. The Hall–Kier alpha value is -1.18. The molecule has 1 N–H and O–H groups in total. The number of rotatable bonds is 6. The summed E-state index contributed by atoms with van der Waals surface area (Å²) in [6.07, 6.45) is 5.41. The first-order chi connectivity index (χ1) is 10.1. The zero-order valence-electron chi connectivity index (χ0n) is 12.6. The number of aromatic nitrogens is 1. The van der Waals surface area contributed by atoms with Crippen LogP contribution >= 0.6 is 0 Å². The van der Waals surface area contributed by atoms with Gasteiger partial charge in [0.25, 0.3) is 0 Å². The monoisotopic (exact) mass is 313 g/mol. The highest BCUT2D eigenvalue weighted by Crippen LogP contribution is 2.26. The molecule has 0 radical (unpaired) electrons. The number of hydrogen-bond donors (Lipinski definition) is 1. The van der Waals surface area contributed by atoms with E-state index in [0.29, 0.717) is 18.9 Å². The summed E-state index contributed by atoms with van der Waals surface area (Å²) >= 11 is 0. The maximum Gasteiger partial charge on any atom is 0.246 e. The summed E-state index contributed by atoms with van der Waals surface area (Å²) in [6.45, 7) is 3.99. The van der Waals surface area contributed by atoms with E-state index in [-0.39, 0.29) is 10.9 Å². The molecule has 0 unspecified atom stereocenters. The molecule has 0 amide bonds. The van der Waals surface area contributed by atoms with Crippen molar-refractivity contribution in [1.82, 2.24) is 9.29 Å². The van der Waals surface area contributed by atoms with Crippen molar-refractivity contribution in [2.45, 2.75) is 37.1 Å². The molecule has 2 heterocycles. The van der Waals surface area contributed by atoms with Crippen molar-refractivity contribution < 1.29 is 13.2 Å². The molecule has 0 saturated carbocycles. The van der Waals surface area contributed by atoms with E-state index in [1.165, 1.54) is 10.5 Å². The third kappa shape index (κ3) is 3.72. The Morgan fingerprint density at radius 1 is 1.43 bits per heavy atom. The SMILES string of the molecule is CCCNc1ccncc1S(=O)(=O)N(C)C1CCOCC1. The molecule has 118 valence electrons. The zero-order chi connectivity index (χ0) is 15.3. The quantitative estimate of drug-likeness (QED) is 0.865. The lowest BCUT2D eigenvalue weighted by Gasteiger charge is -2.30. The molecular weight excluding hydrogens is 290 g/mol. The molecule has 0 aromatic carbocycles. The van der Waals surface area contributed by atoms with E-state index in [1.807, 2.05) is 6.92 Å². The van der Waals surface area contributed by atoms with E-state index in [9.17, 15) is 8.42 Å². The lowest BCUT2D eigenvalue weighted by molar-refractivity contribution is 0.0632. The van der Waals surface area contributed by atoms with Crippen molar-refractivity contribution in [2.75, 3.05) is 32.1 Å². The van der Waals surface area contributed by atoms with Crippen LogP contribution in [-0.2, 0) is 14.8 Å².